The van der Waals surface area contributed by atoms with Crippen LogP contribution in [0.15, 0.2) is 66.7 Å². The lowest BCUT2D eigenvalue weighted by Crippen LogP contribution is -2.28. The zero-order chi connectivity index (χ0) is 22.0. The zero-order valence-corrected chi connectivity index (χ0v) is 19.1. The number of benzene rings is 3. The first kappa shape index (κ1) is 21.8. The summed E-state index contributed by atoms with van der Waals surface area (Å²) in [7, 11) is 0. The number of anilines is 2. The van der Waals surface area contributed by atoms with Gasteiger partial charge in [0.05, 0.1) is 16.3 Å². The molecule has 0 unspecified atom stereocenters. The molecule has 1 fully saturated rings. The Morgan fingerprint density at radius 3 is 2.55 bits per heavy atom. The molecule has 0 radical (unpaired) electrons. The molecular weight excluding hydrogens is 451 g/mol. The fourth-order valence-corrected chi connectivity index (χ4v) is 5.24. The van der Waals surface area contributed by atoms with Crippen molar-refractivity contribution in [2.24, 2.45) is 0 Å². The van der Waals surface area contributed by atoms with E-state index >= 15 is 0 Å². The van der Waals surface area contributed by atoms with E-state index in [-0.39, 0.29) is 17.2 Å². The van der Waals surface area contributed by atoms with E-state index in [1.54, 1.807) is 23.9 Å². The van der Waals surface area contributed by atoms with Crippen LogP contribution in [0.2, 0.25) is 10.0 Å². The number of nitrogens with zero attached hydrogens (tertiary/aromatic N) is 1. The van der Waals surface area contributed by atoms with Crippen LogP contribution < -0.4 is 10.2 Å². The van der Waals surface area contributed by atoms with E-state index < -0.39 is 0 Å². The van der Waals surface area contributed by atoms with E-state index in [2.05, 4.69) is 18.3 Å². The van der Waals surface area contributed by atoms with Gasteiger partial charge in [-0.1, -0.05) is 60.5 Å². The number of thioether (sulfide) groups is 1. The van der Waals surface area contributed by atoms with E-state index in [1.807, 2.05) is 47.4 Å². The van der Waals surface area contributed by atoms with Crippen molar-refractivity contribution in [2.45, 2.75) is 18.7 Å². The predicted molar refractivity (Wildman–Crippen MR) is 129 cm³/mol. The summed E-state index contributed by atoms with van der Waals surface area (Å²) in [5, 5.41) is 3.53. The lowest BCUT2D eigenvalue weighted by molar-refractivity contribution is -0.115. The summed E-state index contributed by atoms with van der Waals surface area (Å²) in [5.41, 5.74) is 4.11. The first-order valence-electron chi connectivity index (χ1n) is 9.86. The number of carbonyl (C=O) groups is 2. The van der Waals surface area contributed by atoms with Crippen molar-refractivity contribution >= 4 is 58.2 Å². The van der Waals surface area contributed by atoms with Gasteiger partial charge in [-0.25, -0.2) is 0 Å². The lowest BCUT2D eigenvalue weighted by atomic mass is 10.1. The molecule has 4 nitrogen and oxygen atoms in total. The van der Waals surface area contributed by atoms with Crippen LogP contribution in [0.25, 0.3) is 0 Å². The summed E-state index contributed by atoms with van der Waals surface area (Å²) in [4.78, 5) is 27.1. The largest absolute Gasteiger partial charge is 0.322 e. The van der Waals surface area contributed by atoms with Gasteiger partial charge in [0, 0.05) is 16.4 Å². The lowest BCUT2D eigenvalue weighted by Gasteiger charge is -2.26. The third-order valence-corrected chi connectivity index (χ3v) is 6.89. The molecule has 0 saturated carbocycles. The van der Waals surface area contributed by atoms with Crippen molar-refractivity contribution in [3.63, 3.8) is 0 Å². The van der Waals surface area contributed by atoms with Gasteiger partial charge < -0.3 is 5.32 Å². The highest BCUT2D eigenvalue weighted by Crippen LogP contribution is 2.43. The number of hydrogen-bond donors (Lipinski definition) is 1. The number of aryl methyl sites for hydroxylation is 1. The Morgan fingerprint density at radius 2 is 1.84 bits per heavy atom. The molecule has 2 amide bonds. The van der Waals surface area contributed by atoms with E-state index in [4.69, 9.17) is 23.2 Å². The van der Waals surface area contributed by atoms with Crippen LogP contribution in [0.4, 0.5) is 11.4 Å². The topological polar surface area (TPSA) is 49.4 Å². The molecule has 1 aliphatic rings. The molecule has 0 aliphatic carbocycles. The molecule has 1 N–H and O–H groups in total. The minimum absolute atomic E-state index is 0.101. The fourth-order valence-electron chi connectivity index (χ4n) is 3.58. The van der Waals surface area contributed by atoms with Gasteiger partial charge in [0.15, 0.2) is 0 Å². The van der Waals surface area contributed by atoms with Gasteiger partial charge in [-0.3, -0.25) is 14.5 Å². The van der Waals surface area contributed by atoms with Crippen molar-refractivity contribution in [3.05, 3.63) is 93.5 Å². The number of carbonyl (C=O) groups excluding carboxylic acids is 2. The molecule has 1 aliphatic heterocycles. The number of nitrogens with one attached hydrogen (secondary N) is 1. The van der Waals surface area contributed by atoms with Gasteiger partial charge in [0.2, 0.25) is 5.91 Å². The third kappa shape index (κ3) is 4.59. The van der Waals surface area contributed by atoms with Gasteiger partial charge in [0.25, 0.3) is 5.91 Å². The van der Waals surface area contributed by atoms with Crippen LogP contribution in [0, 0.1) is 0 Å². The number of halogens is 2. The van der Waals surface area contributed by atoms with Crippen LogP contribution >= 0.6 is 35.0 Å². The minimum atomic E-state index is -0.307. The minimum Gasteiger partial charge on any atom is -0.322 e. The average Bonchev–Trinajstić information content (AvgIpc) is 3.15. The molecule has 0 bridgehead atoms. The monoisotopic (exact) mass is 470 g/mol. The standard InChI is InChI=1S/C24H20Cl2N2O2S/c1-2-15-5-3-4-6-21(15)28-22(29)14-31-24(28)16-7-10-18(11-8-16)27-23(30)19-12-9-17(25)13-20(19)26/h3-13,24H,2,14H2,1H3,(H,27,30)/t24-/m0/s1. The third-order valence-electron chi connectivity index (χ3n) is 5.13. The normalized spacial score (nSPS) is 15.9. The second-order valence-electron chi connectivity index (χ2n) is 7.11. The first-order valence-corrected chi connectivity index (χ1v) is 11.7. The quantitative estimate of drug-likeness (QED) is 0.457. The van der Waals surface area contributed by atoms with Gasteiger partial charge in [-0.15, -0.1) is 11.8 Å². The summed E-state index contributed by atoms with van der Waals surface area (Å²) in [6, 6.07) is 20.3. The Kier molecular flexibility index (Phi) is 6.56. The van der Waals surface area contributed by atoms with Crippen LogP contribution in [-0.4, -0.2) is 17.6 Å². The summed E-state index contributed by atoms with van der Waals surface area (Å²) in [6.45, 7) is 2.09. The van der Waals surface area contributed by atoms with Gasteiger partial charge in [0.1, 0.15) is 5.37 Å². The van der Waals surface area contributed by atoms with E-state index in [9.17, 15) is 9.59 Å². The highest BCUT2D eigenvalue weighted by molar-refractivity contribution is 8.00. The predicted octanol–water partition coefficient (Wildman–Crippen LogP) is 6.59. The molecule has 3 aromatic rings. The number of hydrogen-bond acceptors (Lipinski definition) is 3. The van der Waals surface area contributed by atoms with Gasteiger partial charge in [-0.05, 0) is 53.9 Å². The number of para-hydroxylation sites is 1. The first-order chi connectivity index (χ1) is 15.0. The van der Waals surface area contributed by atoms with Gasteiger partial charge >= 0.3 is 0 Å². The molecule has 31 heavy (non-hydrogen) atoms. The van der Waals surface area contributed by atoms with Crippen molar-refractivity contribution in [3.8, 4) is 0 Å². The molecule has 0 aromatic heterocycles. The summed E-state index contributed by atoms with van der Waals surface area (Å²) in [6.07, 6.45) is 0.857. The molecule has 158 valence electrons. The van der Waals surface area contributed by atoms with Crippen LogP contribution in [-0.2, 0) is 11.2 Å². The maximum Gasteiger partial charge on any atom is 0.257 e. The fraction of sp³-hybridized carbons (Fsp3) is 0.167. The SMILES string of the molecule is CCc1ccccc1N1C(=O)CS[C@H]1c1ccc(NC(=O)c2ccc(Cl)cc2Cl)cc1. The van der Waals surface area contributed by atoms with Crippen LogP contribution in [0.5, 0.6) is 0 Å². The Morgan fingerprint density at radius 1 is 1.10 bits per heavy atom. The second kappa shape index (κ2) is 9.35. The van der Waals surface area contributed by atoms with E-state index in [0.29, 0.717) is 27.0 Å². The molecule has 1 atom stereocenters. The molecule has 1 saturated heterocycles. The molecule has 0 spiro atoms. The Balaban J connectivity index is 1.54. The van der Waals surface area contributed by atoms with Gasteiger partial charge in [-0.2, -0.15) is 0 Å². The summed E-state index contributed by atoms with van der Waals surface area (Å²) in [5.74, 6) is 0.236. The average molecular weight is 471 g/mol. The molecule has 4 rings (SSSR count). The van der Waals surface area contributed by atoms with Crippen molar-refractivity contribution in [1.29, 1.82) is 0 Å². The Labute approximate surface area is 195 Å². The molecule has 7 heteroatoms. The van der Waals surface area contributed by atoms with E-state index in [1.165, 1.54) is 6.07 Å². The highest BCUT2D eigenvalue weighted by atomic mass is 35.5. The van der Waals surface area contributed by atoms with Crippen molar-refractivity contribution in [2.75, 3.05) is 16.0 Å². The number of amides is 2. The second-order valence-corrected chi connectivity index (χ2v) is 9.02. The van der Waals surface area contributed by atoms with Crippen LogP contribution in [0.1, 0.15) is 33.8 Å². The van der Waals surface area contributed by atoms with Crippen molar-refractivity contribution in [1.82, 2.24) is 0 Å². The zero-order valence-electron chi connectivity index (χ0n) is 16.8. The Bertz CT molecular complexity index is 1130. The van der Waals surface area contributed by atoms with E-state index in [0.717, 1.165) is 23.2 Å². The maximum atomic E-state index is 12.7. The highest BCUT2D eigenvalue weighted by Gasteiger charge is 2.34. The smallest absolute Gasteiger partial charge is 0.257 e. The summed E-state index contributed by atoms with van der Waals surface area (Å²) < 4.78 is 0. The Hall–Kier alpha value is -2.47. The van der Waals surface area contributed by atoms with Crippen molar-refractivity contribution < 1.29 is 9.59 Å². The number of rotatable bonds is 5. The molecule has 3 aromatic carbocycles. The molecular formula is C24H20Cl2N2O2S. The summed E-state index contributed by atoms with van der Waals surface area (Å²) >= 11 is 13.6. The molecule has 1 heterocycles. The van der Waals surface area contributed by atoms with Crippen LogP contribution in [0.3, 0.4) is 0 Å². The maximum absolute atomic E-state index is 12.7.